The van der Waals surface area contributed by atoms with Gasteiger partial charge in [0.15, 0.2) is 0 Å². The van der Waals surface area contributed by atoms with Crippen molar-refractivity contribution in [3.05, 3.63) is 34.4 Å². The molecule has 0 saturated carbocycles. The maximum atomic E-state index is 11.4. The Balaban J connectivity index is 2.13. The fraction of sp³-hybridized carbons (Fsp3) is 0.533. The van der Waals surface area contributed by atoms with Crippen molar-refractivity contribution in [1.82, 2.24) is 5.32 Å². The van der Waals surface area contributed by atoms with Crippen molar-refractivity contribution in [3.8, 4) is 5.75 Å². The van der Waals surface area contributed by atoms with E-state index in [1.807, 2.05) is 20.8 Å². The van der Waals surface area contributed by atoms with E-state index in [0.29, 0.717) is 18.9 Å². The molecule has 0 bridgehead atoms. The Kier molecular flexibility index (Phi) is 6.62. The van der Waals surface area contributed by atoms with Gasteiger partial charge in [-0.2, -0.15) is 0 Å². The van der Waals surface area contributed by atoms with Crippen molar-refractivity contribution in [2.75, 3.05) is 13.2 Å². The van der Waals surface area contributed by atoms with Crippen LogP contribution in [-0.2, 0) is 4.74 Å². The Morgan fingerprint density at radius 2 is 1.86 bits per heavy atom. The maximum absolute atomic E-state index is 11.4. The molecule has 0 aromatic heterocycles. The van der Waals surface area contributed by atoms with Crippen molar-refractivity contribution < 1.29 is 19.2 Å². The molecule has 0 fully saturated rings. The molecule has 0 radical (unpaired) electrons. The van der Waals surface area contributed by atoms with Gasteiger partial charge in [-0.3, -0.25) is 10.1 Å². The van der Waals surface area contributed by atoms with E-state index < -0.39 is 16.6 Å². The highest BCUT2D eigenvalue weighted by atomic mass is 16.6. The van der Waals surface area contributed by atoms with Crippen LogP contribution < -0.4 is 10.1 Å². The van der Waals surface area contributed by atoms with Crippen LogP contribution in [0.5, 0.6) is 5.75 Å². The quantitative estimate of drug-likeness (QED) is 0.474. The van der Waals surface area contributed by atoms with E-state index in [0.717, 1.165) is 12.8 Å². The van der Waals surface area contributed by atoms with Crippen LogP contribution in [0, 0.1) is 10.1 Å². The molecule has 1 amide bonds. The Morgan fingerprint density at radius 3 is 2.41 bits per heavy atom. The van der Waals surface area contributed by atoms with Gasteiger partial charge in [0.05, 0.1) is 11.5 Å². The number of carbonyl (C=O) groups is 1. The first kappa shape index (κ1) is 17.7. The Bertz CT molecular complexity index is 494. The van der Waals surface area contributed by atoms with E-state index in [-0.39, 0.29) is 5.69 Å². The average molecular weight is 310 g/mol. The second-order valence-electron chi connectivity index (χ2n) is 5.74. The summed E-state index contributed by atoms with van der Waals surface area (Å²) in [6, 6.07) is 5.94. The molecule has 0 spiro atoms. The SMILES string of the molecule is CC(C)(C)OC(=O)NCCCCOc1ccc([N+](=O)[O-])cc1. The number of hydrogen-bond donors (Lipinski definition) is 1. The zero-order valence-corrected chi connectivity index (χ0v) is 13.1. The van der Waals surface area contributed by atoms with E-state index in [2.05, 4.69) is 5.32 Å². The predicted octanol–water partition coefficient (Wildman–Crippen LogP) is 3.28. The normalized spacial score (nSPS) is 10.9. The summed E-state index contributed by atoms with van der Waals surface area (Å²) in [5.41, 5.74) is -0.461. The van der Waals surface area contributed by atoms with Crippen LogP contribution in [0.3, 0.4) is 0 Å². The van der Waals surface area contributed by atoms with Crippen LogP contribution in [-0.4, -0.2) is 29.8 Å². The van der Waals surface area contributed by atoms with Crippen LogP contribution in [0.4, 0.5) is 10.5 Å². The number of unbranched alkanes of at least 4 members (excludes halogenated alkanes) is 1. The van der Waals surface area contributed by atoms with E-state index >= 15 is 0 Å². The number of hydrogen-bond acceptors (Lipinski definition) is 5. The highest BCUT2D eigenvalue weighted by Gasteiger charge is 2.15. The van der Waals surface area contributed by atoms with Crippen LogP contribution in [0.15, 0.2) is 24.3 Å². The number of alkyl carbamates (subject to hydrolysis) is 1. The molecule has 0 aliphatic heterocycles. The molecule has 7 nitrogen and oxygen atoms in total. The molecular formula is C15H22N2O5. The van der Waals surface area contributed by atoms with Gasteiger partial charge < -0.3 is 14.8 Å². The molecule has 0 aliphatic rings. The molecule has 0 saturated heterocycles. The molecule has 0 atom stereocenters. The van der Waals surface area contributed by atoms with Gasteiger partial charge in [0.25, 0.3) is 5.69 Å². The molecule has 0 heterocycles. The van der Waals surface area contributed by atoms with Crippen molar-refractivity contribution >= 4 is 11.8 Å². The molecule has 0 unspecified atom stereocenters. The van der Waals surface area contributed by atoms with Gasteiger partial charge in [-0.1, -0.05) is 0 Å². The molecule has 1 N–H and O–H groups in total. The fourth-order valence-corrected chi connectivity index (χ4v) is 1.59. The van der Waals surface area contributed by atoms with Crippen LogP contribution >= 0.6 is 0 Å². The van der Waals surface area contributed by atoms with Gasteiger partial charge in [-0.15, -0.1) is 0 Å². The minimum atomic E-state index is -0.497. The molecule has 1 aromatic rings. The summed E-state index contributed by atoms with van der Waals surface area (Å²) in [5.74, 6) is 0.589. The second kappa shape index (κ2) is 8.21. The molecule has 7 heteroatoms. The number of carbonyl (C=O) groups excluding carboxylic acids is 1. The van der Waals surface area contributed by atoms with Gasteiger partial charge in [-0.05, 0) is 45.7 Å². The summed E-state index contributed by atoms with van der Waals surface area (Å²) in [5, 5.41) is 13.2. The first-order valence-corrected chi connectivity index (χ1v) is 7.12. The summed E-state index contributed by atoms with van der Waals surface area (Å²) in [4.78, 5) is 21.4. The number of nitro groups is 1. The van der Waals surface area contributed by atoms with Crippen LogP contribution in [0.1, 0.15) is 33.6 Å². The standard InChI is InChI=1S/C15H22N2O5/c1-15(2,3)22-14(18)16-10-4-5-11-21-13-8-6-12(7-9-13)17(19)20/h6-9H,4-5,10-11H2,1-3H3,(H,16,18). The lowest BCUT2D eigenvalue weighted by Gasteiger charge is -2.19. The predicted molar refractivity (Wildman–Crippen MR) is 82.1 cm³/mol. The molecule has 0 aliphatic carbocycles. The number of nitrogens with zero attached hydrogens (tertiary/aromatic N) is 1. The van der Waals surface area contributed by atoms with Gasteiger partial charge >= 0.3 is 6.09 Å². The number of benzene rings is 1. The van der Waals surface area contributed by atoms with Gasteiger partial charge in [0, 0.05) is 18.7 Å². The lowest BCUT2D eigenvalue weighted by molar-refractivity contribution is -0.384. The molecule has 1 rings (SSSR count). The number of amides is 1. The van der Waals surface area contributed by atoms with Crippen molar-refractivity contribution in [2.24, 2.45) is 0 Å². The van der Waals surface area contributed by atoms with Crippen molar-refractivity contribution in [3.63, 3.8) is 0 Å². The zero-order chi connectivity index (χ0) is 16.6. The summed E-state index contributed by atoms with van der Waals surface area (Å²) < 4.78 is 10.6. The molecule has 22 heavy (non-hydrogen) atoms. The fourth-order valence-electron chi connectivity index (χ4n) is 1.59. The number of nitro benzene ring substituents is 1. The Labute approximate surface area is 129 Å². The smallest absolute Gasteiger partial charge is 0.407 e. The largest absolute Gasteiger partial charge is 0.494 e. The minimum Gasteiger partial charge on any atom is -0.494 e. The average Bonchev–Trinajstić information content (AvgIpc) is 2.41. The highest BCUT2D eigenvalue weighted by Crippen LogP contribution is 2.17. The number of non-ortho nitro benzene ring substituents is 1. The van der Waals surface area contributed by atoms with E-state index in [4.69, 9.17) is 9.47 Å². The van der Waals surface area contributed by atoms with Gasteiger partial charge in [0.2, 0.25) is 0 Å². The monoisotopic (exact) mass is 310 g/mol. The third-order valence-electron chi connectivity index (χ3n) is 2.56. The molecule has 1 aromatic carbocycles. The first-order valence-electron chi connectivity index (χ1n) is 7.12. The maximum Gasteiger partial charge on any atom is 0.407 e. The van der Waals surface area contributed by atoms with E-state index in [9.17, 15) is 14.9 Å². The third kappa shape index (κ3) is 7.47. The number of nitrogens with one attached hydrogen (secondary N) is 1. The second-order valence-corrected chi connectivity index (χ2v) is 5.74. The Hall–Kier alpha value is -2.31. The summed E-state index contributed by atoms with van der Waals surface area (Å²) in [6.45, 7) is 6.42. The van der Waals surface area contributed by atoms with Crippen LogP contribution in [0.2, 0.25) is 0 Å². The van der Waals surface area contributed by atoms with Gasteiger partial charge in [0.1, 0.15) is 11.4 Å². The lowest BCUT2D eigenvalue weighted by Crippen LogP contribution is -2.33. The van der Waals surface area contributed by atoms with Crippen molar-refractivity contribution in [2.45, 2.75) is 39.2 Å². The van der Waals surface area contributed by atoms with Crippen LogP contribution in [0.25, 0.3) is 0 Å². The zero-order valence-electron chi connectivity index (χ0n) is 13.1. The third-order valence-corrected chi connectivity index (χ3v) is 2.56. The number of ether oxygens (including phenoxy) is 2. The molecule has 122 valence electrons. The summed E-state index contributed by atoms with van der Waals surface area (Å²) in [6.07, 6.45) is 1.09. The van der Waals surface area contributed by atoms with E-state index in [1.165, 1.54) is 12.1 Å². The minimum absolute atomic E-state index is 0.0360. The lowest BCUT2D eigenvalue weighted by atomic mass is 10.2. The van der Waals surface area contributed by atoms with E-state index in [1.54, 1.807) is 12.1 Å². The highest BCUT2D eigenvalue weighted by molar-refractivity contribution is 5.67. The van der Waals surface area contributed by atoms with Crippen molar-refractivity contribution in [1.29, 1.82) is 0 Å². The molecular weight excluding hydrogens is 288 g/mol. The summed E-state index contributed by atoms with van der Waals surface area (Å²) in [7, 11) is 0. The first-order chi connectivity index (χ1) is 10.3. The Morgan fingerprint density at radius 1 is 1.23 bits per heavy atom. The topological polar surface area (TPSA) is 90.7 Å². The van der Waals surface area contributed by atoms with Gasteiger partial charge in [-0.25, -0.2) is 4.79 Å². The number of rotatable bonds is 7. The summed E-state index contributed by atoms with van der Waals surface area (Å²) >= 11 is 0.